The van der Waals surface area contributed by atoms with Crippen LogP contribution in [0.25, 0.3) is 31.0 Å². The third kappa shape index (κ3) is 5.94. The molecule has 1 aliphatic rings. The van der Waals surface area contributed by atoms with Crippen LogP contribution in [-0.2, 0) is 20.0 Å². The van der Waals surface area contributed by atoms with E-state index in [4.69, 9.17) is 0 Å². The van der Waals surface area contributed by atoms with Crippen LogP contribution in [0.1, 0.15) is 25.7 Å². The topological polar surface area (TPSA) is 96.5 Å². The molecule has 0 unspecified atom stereocenters. The van der Waals surface area contributed by atoms with Crippen molar-refractivity contribution >= 4 is 41.6 Å². The minimum Gasteiger partial charge on any atom is -0.543 e. The fraction of sp³-hybridized carbons (Fsp3) is 0.231. The average molecular weight is 507 g/mol. The summed E-state index contributed by atoms with van der Waals surface area (Å²) in [5, 5.41) is 2.81. The number of nitrogens with zero attached hydrogens (tertiary/aromatic N) is 2. The SMILES string of the molecule is O=S(=O)([N-][C@@H]1CCCC[C@H]1[N-]S(=O)(=O)c1cccc2ccccc12)c1cccc2ccccc12.[Li+].[Li+]. The number of sulfonamides is 2. The van der Waals surface area contributed by atoms with Crippen LogP contribution < -0.4 is 37.7 Å². The van der Waals surface area contributed by atoms with Crippen LogP contribution in [0.5, 0.6) is 0 Å². The Bertz CT molecular complexity index is 1450. The predicted molar refractivity (Wildman–Crippen MR) is 135 cm³/mol. The van der Waals surface area contributed by atoms with Gasteiger partial charge in [-0.15, -0.1) is 12.1 Å². The van der Waals surface area contributed by atoms with Crippen molar-refractivity contribution in [2.24, 2.45) is 0 Å². The zero-order valence-corrected chi connectivity index (χ0v) is 22.0. The standard InChI is InChI=1S/C26H24N2O4S2.2Li/c29-33(30,25-17-7-11-19-9-1-3-13-21(19)25)27-23-15-5-6-16-24(23)28-34(31,32)26-18-8-12-20-10-2-4-14-22(20)26;;/h1-4,7-14,17-18,23-24H,5-6,15-16H2;;/q-2;2*+1/t23-,24-;;/m1../s1. The largest absolute Gasteiger partial charge is 1.00 e. The molecule has 0 heterocycles. The molecule has 0 saturated heterocycles. The molecule has 176 valence electrons. The van der Waals surface area contributed by atoms with Gasteiger partial charge in [-0.3, -0.25) is 0 Å². The van der Waals surface area contributed by atoms with Gasteiger partial charge in [-0.05, 0) is 33.7 Å². The van der Waals surface area contributed by atoms with E-state index in [0.29, 0.717) is 23.6 Å². The Balaban J connectivity index is 0.00000180. The molecule has 0 amide bonds. The quantitative estimate of drug-likeness (QED) is 0.348. The van der Waals surface area contributed by atoms with E-state index in [9.17, 15) is 16.8 Å². The van der Waals surface area contributed by atoms with Crippen molar-refractivity contribution in [1.29, 1.82) is 0 Å². The Labute approximate surface area is 236 Å². The molecule has 0 bridgehead atoms. The van der Waals surface area contributed by atoms with E-state index in [2.05, 4.69) is 9.44 Å². The molecule has 2 atom stereocenters. The second-order valence-electron chi connectivity index (χ2n) is 8.53. The van der Waals surface area contributed by atoms with Gasteiger partial charge < -0.3 is 9.44 Å². The van der Waals surface area contributed by atoms with Crippen molar-refractivity contribution in [2.75, 3.05) is 0 Å². The van der Waals surface area contributed by atoms with Crippen LogP contribution in [0.3, 0.4) is 0 Å². The molecule has 36 heavy (non-hydrogen) atoms. The van der Waals surface area contributed by atoms with E-state index in [1.807, 2.05) is 36.4 Å². The maximum atomic E-state index is 13.3. The Morgan fingerprint density at radius 1 is 0.528 bits per heavy atom. The number of rotatable bonds is 6. The van der Waals surface area contributed by atoms with Gasteiger partial charge >= 0.3 is 37.7 Å². The van der Waals surface area contributed by atoms with Crippen molar-refractivity contribution in [2.45, 2.75) is 47.6 Å². The number of benzene rings is 4. The molecule has 10 heteroatoms. The van der Waals surface area contributed by atoms with Gasteiger partial charge in [-0.2, -0.15) is 0 Å². The minimum absolute atomic E-state index is 0. The summed E-state index contributed by atoms with van der Waals surface area (Å²) < 4.78 is 61.7. The molecule has 0 N–H and O–H groups in total. The maximum Gasteiger partial charge on any atom is 1.00 e. The fourth-order valence-corrected chi connectivity index (χ4v) is 7.51. The number of hydrogen-bond donors (Lipinski definition) is 0. The van der Waals surface area contributed by atoms with Crippen LogP contribution in [0.2, 0.25) is 0 Å². The average Bonchev–Trinajstić information content (AvgIpc) is 2.84. The summed E-state index contributed by atoms with van der Waals surface area (Å²) in [5.74, 6) is 0. The van der Waals surface area contributed by atoms with Gasteiger partial charge in [0.2, 0.25) is 0 Å². The van der Waals surface area contributed by atoms with Crippen molar-refractivity contribution in [3.63, 3.8) is 0 Å². The van der Waals surface area contributed by atoms with E-state index < -0.39 is 32.1 Å². The molecule has 1 fully saturated rings. The second kappa shape index (κ2) is 11.9. The van der Waals surface area contributed by atoms with Gasteiger partial charge in [0.05, 0.1) is 9.79 Å². The van der Waals surface area contributed by atoms with Crippen molar-refractivity contribution in [3.05, 3.63) is 94.4 Å². The van der Waals surface area contributed by atoms with Gasteiger partial charge in [-0.1, -0.05) is 98.5 Å². The summed E-state index contributed by atoms with van der Waals surface area (Å²) in [6, 6.07) is 23.2. The zero-order valence-electron chi connectivity index (χ0n) is 20.4. The molecule has 4 aromatic rings. The van der Waals surface area contributed by atoms with E-state index in [1.54, 1.807) is 48.5 Å². The molecule has 0 radical (unpaired) electrons. The van der Waals surface area contributed by atoms with Crippen LogP contribution >= 0.6 is 0 Å². The molecule has 6 nitrogen and oxygen atoms in total. The van der Waals surface area contributed by atoms with Gasteiger partial charge in [0.25, 0.3) is 0 Å². The first-order valence-corrected chi connectivity index (χ1v) is 14.1. The molecule has 0 spiro atoms. The monoisotopic (exact) mass is 506 g/mol. The van der Waals surface area contributed by atoms with E-state index >= 15 is 0 Å². The molecule has 0 aliphatic heterocycles. The Morgan fingerprint density at radius 2 is 0.889 bits per heavy atom. The molecule has 0 aromatic heterocycles. The maximum absolute atomic E-state index is 13.3. The first-order valence-electron chi connectivity index (χ1n) is 11.2. The summed E-state index contributed by atoms with van der Waals surface area (Å²) in [4.78, 5) is 0.263. The predicted octanol–water partition coefficient (Wildman–Crippen LogP) is 0.137. The first kappa shape index (κ1) is 29.0. The van der Waals surface area contributed by atoms with Crippen LogP contribution in [0, 0.1) is 0 Å². The van der Waals surface area contributed by atoms with Crippen LogP contribution in [0.15, 0.2) is 94.7 Å². The second-order valence-corrected chi connectivity index (χ2v) is 11.7. The van der Waals surface area contributed by atoms with Gasteiger partial charge in [-0.25, -0.2) is 16.8 Å². The smallest absolute Gasteiger partial charge is 0.543 e. The van der Waals surface area contributed by atoms with Crippen LogP contribution in [0.4, 0.5) is 0 Å². The molecule has 4 aromatic carbocycles. The summed E-state index contributed by atoms with van der Waals surface area (Å²) in [5.41, 5.74) is 0. The Morgan fingerprint density at radius 3 is 1.31 bits per heavy atom. The van der Waals surface area contributed by atoms with Crippen molar-refractivity contribution in [3.8, 4) is 0 Å². The normalized spacial score (nSPS) is 18.3. The molecular formula is C26H24Li2N2O4S2. The van der Waals surface area contributed by atoms with Crippen LogP contribution in [-0.4, -0.2) is 28.9 Å². The molecule has 1 saturated carbocycles. The Hall–Kier alpha value is -1.59. The molecule has 1 aliphatic carbocycles. The van der Waals surface area contributed by atoms with E-state index in [-0.39, 0.29) is 47.5 Å². The summed E-state index contributed by atoms with van der Waals surface area (Å²) >= 11 is 0. The summed E-state index contributed by atoms with van der Waals surface area (Å²) in [6.07, 6.45) is 2.51. The fourth-order valence-electron chi connectivity index (χ4n) is 4.65. The molecule has 5 rings (SSSR count). The van der Waals surface area contributed by atoms with Gasteiger partial charge in [0, 0.05) is 0 Å². The minimum atomic E-state index is -4.00. The van der Waals surface area contributed by atoms with Gasteiger partial charge in [0.15, 0.2) is 0 Å². The van der Waals surface area contributed by atoms with Crippen molar-refractivity contribution in [1.82, 2.24) is 0 Å². The first-order chi connectivity index (χ1) is 16.4. The summed E-state index contributed by atoms with van der Waals surface area (Å²) in [6.45, 7) is 0. The third-order valence-electron chi connectivity index (χ3n) is 6.30. The van der Waals surface area contributed by atoms with E-state index in [0.717, 1.165) is 23.6 Å². The number of hydrogen-bond acceptors (Lipinski definition) is 4. The van der Waals surface area contributed by atoms with Gasteiger partial charge in [0.1, 0.15) is 20.0 Å². The zero-order chi connectivity index (χ0) is 23.8. The summed E-state index contributed by atoms with van der Waals surface area (Å²) in [7, 11) is -8.01. The Kier molecular flexibility index (Phi) is 9.54. The van der Waals surface area contributed by atoms with E-state index in [1.165, 1.54) is 0 Å². The molecular weight excluding hydrogens is 482 g/mol. The van der Waals surface area contributed by atoms with Crippen molar-refractivity contribution < 1.29 is 54.6 Å². The number of fused-ring (bicyclic) bond motifs is 2. The third-order valence-corrected chi connectivity index (χ3v) is 9.22.